The SMILES string of the molecule is C=CCn1c(SCC(=O)Nc2sccc2C(=O)OC)nnc1-c1ccccn1. The smallest absolute Gasteiger partial charge is 0.340 e. The van der Waals surface area contributed by atoms with Crippen molar-refractivity contribution < 1.29 is 14.3 Å². The lowest BCUT2D eigenvalue weighted by Gasteiger charge is -2.08. The fourth-order valence-electron chi connectivity index (χ4n) is 2.34. The number of hydrogen-bond acceptors (Lipinski definition) is 8. The fraction of sp³-hybridized carbons (Fsp3) is 0.167. The summed E-state index contributed by atoms with van der Waals surface area (Å²) in [4.78, 5) is 28.3. The maximum Gasteiger partial charge on any atom is 0.340 e. The normalized spacial score (nSPS) is 10.5. The van der Waals surface area contributed by atoms with Gasteiger partial charge in [-0.3, -0.25) is 14.3 Å². The summed E-state index contributed by atoms with van der Waals surface area (Å²) in [6.45, 7) is 4.25. The fourth-order valence-corrected chi connectivity index (χ4v) is 3.88. The van der Waals surface area contributed by atoms with Crippen LogP contribution in [0.15, 0.2) is 53.7 Å². The van der Waals surface area contributed by atoms with Crippen LogP contribution in [0.3, 0.4) is 0 Å². The molecular formula is C18H17N5O3S2. The highest BCUT2D eigenvalue weighted by molar-refractivity contribution is 7.99. The number of ether oxygens (including phenoxy) is 1. The van der Waals surface area contributed by atoms with E-state index < -0.39 is 5.97 Å². The van der Waals surface area contributed by atoms with Gasteiger partial charge in [-0.05, 0) is 23.6 Å². The largest absolute Gasteiger partial charge is 0.465 e. The molecule has 0 saturated carbocycles. The van der Waals surface area contributed by atoms with Gasteiger partial charge in [0.05, 0.1) is 18.4 Å². The van der Waals surface area contributed by atoms with Gasteiger partial charge in [0.2, 0.25) is 5.91 Å². The van der Waals surface area contributed by atoms with Gasteiger partial charge in [0.25, 0.3) is 0 Å². The lowest BCUT2D eigenvalue weighted by molar-refractivity contribution is -0.113. The van der Waals surface area contributed by atoms with Crippen LogP contribution in [0.5, 0.6) is 0 Å². The summed E-state index contributed by atoms with van der Waals surface area (Å²) < 4.78 is 6.55. The average molecular weight is 416 g/mol. The van der Waals surface area contributed by atoms with Crippen LogP contribution in [0.2, 0.25) is 0 Å². The average Bonchev–Trinajstić information content (AvgIpc) is 3.34. The van der Waals surface area contributed by atoms with E-state index in [4.69, 9.17) is 4.74 Å². The van der Waals surface area contributed by atoms with Crippen molar-refractivity contribution in [3.8, 4) is 11.5 Å². The molecule has 0 radical (unpaired) electrons. The summed E-state index contributed by atoms with van der Waals surface area (Å²) in [5.41, 5.74) is 1.02. The van der Waals surface area contributed by atoms with Crippen LogP contribution in [0, 0.1) is 0 Å². The summed E-state index contributed by atoms with van der Waals surface area (Å²) in [5.74, 6) is -0.0366. The standard InChI is InChI=1S/C18H17N5O3S2/c1-3-9-23-15(13-6-4-5-8-19-13)21-22-18(23)28-11-14(24)20-16-12(7-10-27-16)17(25)26-2/h3-8,10H,1,9,11H2,2H3,(H,20,24). The van der Waals surface area contributed by atoms with Crippen molar-refractivity contribution in [2.24, 2.45) is 0 Å². The van der Waals surface area contributed by atoms with Gasteiger partial charge in [-0.2, -0.15) is 0 Å². The first-order chi connectivity index (χ1) is 13.6. The number of esters is 1. The molecule has 0 bridgehead atoms. The van der Waals surface area contributed by atoms with Crippen molar-refractivity contribution in [1.82, 2.24) is 19.7 Å². The topological polar surface area (TPSA) is 99.0 Å². The zero-order valence-electron chi connectivity index (χ0n) is 15.0. The van der Waals surface area contributed by atoms with Crippen molar-refractivity contribution in [2.75, 3.05) is 18.2 Å². The molecule has 28 heavy (non-hydrogen) atoms. The highest BCUT2D eigenvalue weighted by Gasteiger charge is 2.18. The first-order valence-corrected chi connectivity index (χ1v) is 10.0. The minimum Gasteiger partial charge on any atom is -0.465 e. The predicted octanol–water partition coefficient (Wildman–Crippen LogP) is 3.11. The van der Waals surface area contributed by atoms with Crippen LogP contribution in [0.1, 0.15) is 10.4 Å². The molecule has 3 aromatic heterocycles. The summed E-state index contributed by atoms with van der Waals surface area (Å²) in [5, 5.41) is 13.9. The van der Waals surface area contributed by atoms with E-state index in [9.17, 15) is 9.59 Å². The van der Waals surface area contributed by atoms with E-state index >= 15 is 0 Å². The predicted molar refractivity (Wildman–Crippen MR) is 108 cm³/mol. The van der Waals surface area contributed by atoms with Crippen molar-refractivity contribution in [3.05, 3.63) is 54.1 Å². The van der Waals surface area contributed by atoms with E-state index in [1.807, 2.05) is 22.8 Å². The number of amides is 1. The van der Waals surface area contributed by atoms with Gasteiger partial charge >= 0.3 is 5.97 Å². The second-order valence-corrected chi connectivity index (χ2v) is 7.27. The van der Waals surface area contributed by atoms with Crippen molar-refractivity contribution in [3.63, 3.8) is 0 Å². The van der Waals surface area contributed by atoms with E-state index in [0.717, 1.165) is 0 Å². The van der Waals surface area contributed by atoms with Crippen LogP contribution < -0.4 is 5.32 Å². The van der Waals surface area contributed by atoms with Crippen LogP contribution in [0.25, 0.3) is 11.5 Å². The number of allylic oxidation sites excluding steroid dienone is 1. The van der Waals surface area contributed by atoms with Gasteiger partial charge in [0.15, 0.2) is 11.0 Å². The Morgan fingerprint density at radius 1 is 1.36 bits per heavy atom. The number of aromatic nitrogens is 4. The molecule has 10 heteroatoms. The first kappa shape index (κ1) is 19.8. The Bertz CT molecular complexity index is 984. The monoisotopic (exact) mass is 415 g/mol. The summed E-state index contributed by atoms with van der Waals surface area (Å²) in [6, 6.07) is 7.15. The van der Waals surface area contributed by atoms with Gasteiger partial charge in [0.1, 0.15) is 10.7 Å². The summed E-state index contributed by atoms with van der Waals surface area (Å²) >= 11 is 2.50. The minimum atomic E-state index is -0.491. The number of nitrogens with one attached hydrogen (secondary N) is 1. The Morgan fingerprint density at radius 2 is 2.21 bits per heavy atom. The highest BCUT2D eigenvalue weighted by Crippen LogP contribution is 2.26. The number of hydrogen-bond donors (Lipinski definition) is 1. The molecule has 0 aliphatic rings. The van der Waals surface area contributed by atoms with E-state index in [2.05, 4.69) is 27.1 Å². The van der Waals surface area contributed by atoms with Gasteiger partial charge in [-0.1, -0.05) is 23.9 Å². The van der Waals surface area contributed by atoms with Crippen molar-refractivity contribution in [2.45, 2.75) is 11.7 Å². The van der Waals surface area contributed by atoms with E-state index in [-0.39, 0.29) is 11.7 Å². The third-order valence-electron chi connectivity index (χ3n) is 3.58. The lowest BCUT2D eigenvalue weighted by Crippen LogP contribution is -2.16. The molecule has 0 aliphatic carbocycles. The summed E-state index contributed by atoms with van der Waals surface area (Å²) in [7, 11) is 1.30. The first-order valence-electron chi connectivity index (χ1n) is 8.18. The number of carbonyl (C=O) groups excluding carboxylic acids is 2. The number of anilines is 1. The van der Waals surface area contributed by atoms with Crippen molar-refractivity contribution >= 4 is 40.0 Å². The molecule has 3 aromatic rings. The van der Waals surface area contributed by atoms with Crippen molar-refractivity contribution in [1.29, 1.82) is 0 Å². The number of nitrogens with zero attached hydrogens (tertiary/aromatic N) is 4. The molecular weight excluding hydrogens is 398 g/mol. The zero-order valence-corrected chi connectivity index (χ0v) is 16.6. The highest BCUT2D eigenvalue weighted by atomic mass is 32.2. The Kier molecular flexibility index (Phi) is 6.56. The van der Waals surface area contributed by atoms with Gasteiger partial charge in [0, 0.05) is 12.7 Å². The van der Waals surface area contributed by atoms with Crippen LogP contribution >= 0.6 is 23.1 Å². The number of rotatable bonds is 8. The van der Waals surface area contributed by atoms with E-state index in [0.29, 0.717) is 33.8 Å². The van der Waals surface area contributed by atoms with Gasteiger partial charge in [-0.25, -0.2) is 4.79 Å². The van der Waals surface area contributed by atoms with Crippen LogP contribution in [-0.2, 0) is 16.1 Å². The molecule has 0 aromatic carbocycles. The Hall–Kier alpha value is -2.98. The molecule has 0 saturated heterocycles. The zero-order chi connectivity index (χ0) is 19.9. The third kappa shape index (κ3) is 4.46. The maximum atomic E-state index is 12.3. The second-order valence-electron chi connectivity index (χ2n) is 5.41. The molecule has 0 unspecified atom stereocenters. The molecule has 1 N–H and O–H groups in total. The molecule has 1 amide bonds. The van der Waals surface area contributed by atoms with Gasteiger partial charge < -0.3 is 10.1 Å². The number of thiophene rings is 1. The van der Waals surface area contributed by atoms with E-state index in [1.54, 1.807) is 23.7 Å². The molecule has 0 aliphatic heterocycles. The summed E-state index contributed by atoms with van der Waals surface area (Å²) in [6.07, 6.45) is 3.41. The number of carbonyl (C=O) groups is 2. The lowest BCUT2D eigenvalue weighted by atomic mass is 10.3. The molecule has 0 spiro atoms. The number of methoxy groups -OCH3 is 1. The molecule has 8 nitrogen and oxygen atoms in total. The van der Waals surface area contributed by atoms with Gasteiger partial charge in [-0.15, -0.1) is 28.1 Å². The molecule has 0 atom stereocenters. The number of thioether (sulfide) groups is 1. The third-order valence-corrected chi connectivity index (χ3v) is 5.37. The van der Waals surface area contributed by atoms with Crippen LogP contribution in [0.4, 0.5) is 5.00 Å². The molecule has 3 rings (SSSR count). The number of pyridine rings is 1. The molecule has 144 valence electrons. The Morgan fingerprint density at radius 3 is 2.93 bits per heavy atom. The van der Waals surface area contributed by atoms with E-state index in [1.165, 1.54) is 30.2 Å². The second kappa shape index (κ2) is 9.29. The molecule has 3 heterocycles. The maximum absolute atomic E-state index is 12.3. The van der Waals surface area contributed by atoms with Crippen LogP contribution in [-0.4, -0.2) is 44.5 Å². The quantitative estimate of drug-likeness (QED) is 0.343. The molecule has 0 fully saturated rings. The minimum absolute atomic E-state index is 0.107. The Labute approximate surface area is 169 Å². The Balaban J connectivity index is 1.70.